The number of imidazole rings is 1. The van der Waals surface area contributed by atoms with Gasteiger partial charge in [0.25, 0.3) is 0 Å². The summed E-state index contributed by atoms with van der Waals surface area (Å²) in [6.45, 7) is 5.54. The molecule has 1 fully saturated rings. The highest BCUT2D eigenvalue weighted by atomic mass is 32.2. The summed E-state index contributed by atoms with van der Waals surface area (Å²) in [5.41, 5.74) is 3.16. The quantitative estimate of drug-likeness (QED) is 0.381. The molecule has 1 aliphatic rings. The van der Waals surface area contributed by atoms with Gasteiger partial charge in [-0.05, 0) is 63.8 Å². The first-order valence-corrected chi connectivity index (χ1v) is 14.1. The fourth-order valence-electron chi connectivity index (χ4n) is 4.78. The number of nitrogens with zero attached hydrogens (tertiary/aromatic N) is 3. The predicted octanol–water partition coefficient (Wildman–Crippen LogP) is 5.37. The lowest BCUT2D eigenvalue weighted by atomic mass is 9.71. The molecule has 0 radical (unpaired) electrons. The number of carbonyl (C=O) groups is 1. The standard InChI is InChI=1S/C28H30N4O4S/c1-27(2,3)36-26(33)31-28(16-8-17-28)20-14-12-19(13-15-20)24-25(32-23(30-24)11-7-18-29-32)21-9-5-6-10-22(21)37(4,34)35/h5-7,9-15,18H,8,16-17H2,1-4H3,(H,31,33). The first kappa shape index (κ1) is 25.0. The summed E-state index contributed by atoms with van der Waals surface area (Å²) in [5, 5.41) is 7.55. The molecule has 0 saturated heterocycles. The van der Waals surface area contributed by atoms with E-state index >= 15 is 0 Å². The third-order valence-corrected chi connectivity index (χ3v) is 7.75. The van der Waals surface area contributed by atoms with Crippen LogP contribution in [-0.4, -0.2) is 41.0 Å². The van der Waals surface area contributed by atoms with Crippen LogP contribution in [0, 0.1) is 0 Å². The smallest absolute Gasteiger partial charge is 0.408 e. The number of rotatable bonds is 5. The zero-order valence-electron chi connectivity index (χ0n) is 21.4. The van der Waals surface area contributed by atoms with Crippen molar-refractivity contribution in [3.8, 4) is 22.5 Å². The van der Waals surface area contributed by atoms with Crippen molar-refractivity contribution in [1.29, 1.82) is 0 Å². The Labute approximate surface area is 216 Å². The number of alkyl carbamates (subject to hydrolysis) is 1. The number of ether oxygens (including phenoxy) is 1. The van der Waals surface area contributed by atoms with E-state index in [9.17, 15) is 13.2 Å². The second-order valence-corrected chi connectivity index (χ2v) is 12.5. The number of carbonyl (C=O) groups excluding carboxylic acids is 1. The summed E-state index contributed by atoms with van der Waals surface area (Å²) in [4.78, 5) is 17.6. The molecule has 8 nitrogen and oxygen atoms in total. The first-order chi connectivity index (χ1) is 17.5. The molecule has 5 rings (SSSR count). The highest BCUT2D eigenvalue weighted by molar-refractivity contribution is 7.90. The summed E-state index contributed by atoms with van der Waals surface area (Å²) in [6.07, 6.45) is 5.10. The van der Waals surface area contributed by atoms with Crippen LogP contribution in [-0.2, 0) is 20.1 Å². The van der Waals surface area contributed by atoms with Gasteiger partial charge in [0.15, 0.2) is 15.5 Å². The molecular formula is C28H30N4O4S. The molecule has 1 N–H and O–H groups in total. The van der Waals surface area contributed by atoms with Crippen molar-refractivity contribution >= 4 is 21.6 Å². The molecule has 0 unspecified atom stereocenters. The van der Waals surface area contributed by atoms with Crippen molar-refractivity contribution in [3.05, 3.63) is 72.4 Å². The molecule has 0 atom stereocenters. The Hall–Kier alpha value is -3.72. The van der Waals surface area contributed by atoms with Crippen molar-refractivity contribution < 1.29 is 17.9 Å². The van der Waals surface area contributed by atoms with Gasteiger partial charge in [0, 0.05) is 23.6 Å². The van der Waals surface area contributed by atoms with Gasteiger partial charge in [0.2, 0.25) is 0 Å². The third kappa shape index (κ3) is 4.83. The van der Waals surface area contributed by atoms with Gasteiger partial charge in [-0.15, -0.1) is 0 Å². The first-order valence-electron chi connectivity index (χ1n) is 12.2. The predicted molar refractivity (Wildman–Crippen MR) is 142 cm³/mol. The number of fused-ring (bicyclic) bond motifs is 1. The Bertz CT molecular complexity index is 1580. The van der Waals surface area contributed by atoms with Crippen LogP contribution in [0.25, 0.3) is 28.2 Å². The van der Waals surface area contributed by atoms with Gasteiger partial charge in [0.05, 0.1) is 16.1 Å². The molecule has 2 heterocycles. The van der Waals surface area contributed by atoms with Crippen molar-refractivity contribution in [3.63, 3.8) is 0 Å². The van der Waals surface area contributed by atoms with Crippen LogP contribution in [0.15, 0.2) is 71.8 Å². The minimum Gasteiger partial charge on any atom is -0.444 e. The molecule has 0 spiro atoms. The van der Waals surface area contributed by atoms with Gasteiger partial charge in [-0.1, -0.05) is 42.5 Å². The maximum atomic E-state index is 12.6. The van der Waals surface area contributed by atoms with Gasteiger partial charge in [-0.2, -0.15) is 5.10 Å². The molecule has 4 aromatic rings. The van der Waals surface area contributed by atoms with Crippen LogP contribution >= 0.6 is 0 Å². The van der Waals surface area contributed by atoms with E-state index in [-0.39, 0.29) is 4.90 Å². The van der Waals surface area contributed by atoms with Crippen molar-refractivity contribution in [2.24, 2.45) is 0 Å². The van der Waals surface area contributed by atoms with Crippen LogP contribution < -0.4 is 5.32 Å². The third-order valence-electron chi connectivity index (χ3n) is 6.59. The van der Waals surface area contributed by atoms with Crippen molar-refractivity contribution in [2.45, 2.75) is 56.1 Å². The zero-order chi connectivity index (χ0) is 26.4. The van der Waals surface area contributed by atoms with Gasteiger partial charge in [-0.25, -0.2) is 22.7 Å². The molecule has 0 aliphatic heterocycles. The lowest BCUT2D eigenvalue weighted by Crippen LogP contribution is -2.52. The average molecular weight is 519 g/mol. The number of sulfone groups is 1. The van der Waals surface area contributed by atoms with Crippen LogP contribution in [0.2, 0.25) is 0 Å². The van der Waals surface area contributed by atoms with Gasteiger partial charge in [0.1, 0.15) is 11.3 Å². The average Bonchev–Trinajstić information content (AvgIpc) is 3.19. The number of aromatic nitrogens is 3. The summed E-state index contributed by atoms with van der Waals surface area (Å²) in [6, 6.07) is 18.4. The Morgan fingerprint density at radius 3 is 2.35 bits per heavy atom. The molecule has 0 bridgehead atoms. The number of nitrogens with one attached hydrogen (secondary N) is 1. The van der Waals surface area contributed by atoms with Crippen LogP contribution in [0.3, 0.4) is 0 Å². The summed E-state index contributed by atoms with van der Waals surface area (Å²) < 4.78 is 32.4. The van der Waals surface area contributed by atoms with Crippen LogP contribution in [0.4, 0.5) is 4.79 Å². The van der Waals surface area contributed by atoms with Gasteiger partial charge >= 0.3 is 6.09 Å². The number of benzene rings is 2. The maximum absolute atomic E-state index is 12.6. The molecule has 2 aromatic heterocycles. The molecular weight excluding hydrogens is 488 g/mol. The molecule has 192 valence electrons. The minimum atomic E-state index is -3.49. The topological polar surface area (TPSA) is 103 Å². The van der Waals surface area contributed by atoms with Crippen LogP contribution in [0.5, 0.6) is 0 Å². The Balaban J connectivity index is 1.57. The van der Waals surface area contributed by atoms with E-state index in [1.165, 1.54) is 6.26 Å². The fraction of sp³-hybridized carbons (Fsp3) is 0.321. The molecule has 2 aromatic carbocycles. The molecule has 1 saturated carbocycles. The van der Waals surface area contributed by atoms with Gasteiger partial charge in [-0.3, -0.25) is 0 Å². The van der Waals surface area contributed by atoms with E-state index in [1.54, 1.807) is 35.0 Å². The molecule has 1 amide bonds. The van der Waals surface area contributed by atoms with E-state index in [1.807, 2.05) is 57.2 Å². The fourth-order valence-corrected chi connectivity index (χ4v) is 5.67. The normalized spacial score (nSPS) is 15.2. The Morgan fingerprint density at radius 1 is 1.03 bits per heavy atom. The number of amides is 1. The largest absolute Gasteiger partial charge is 0.444 e. The Morgan fingerprint density at radius 2 is 1.73 bits per heavy atom. The molecule has 9 heteroatoms. The lowest BCUT2D eigenvalue weighted by Gasteiger charge is -2.43. The Kier molecular flexibility index (Phi) is 6.06. The molecule has 1 aliphatic carbocycles. The summed E-state index contributed by atoms with van der Waals surface area (Å²) >= 11 is 0. The number of hydrogen-bond acceptors (Lipinski definition) is 6. The second kappa shape index (κ2) is 8.99. The lowest BCUT2D eigenvalue weighted by molar-refractivity contribution is 0.0377. The highest BCUT2D eigenvalue weighted by Gasteiger charge is 2.41. The summed E-state index contributed by atoms with van der Waals surface area (Å²) in [7, 11) is -3.49. The second-order valence-electron chi connectivity index (χ2n) is 10.5. The van der Waals surface area contributed by atoms with Crippen molar-refractivity contribution in [2.75, 3.05) is 6.26 Å². The van der Waals surface area contributed by atoms with E-state index in [0.717, 1.165) is 30.4 Å². The van der Waals surface area contributed by atoms with Crippen LogP contribution in [0.1, 0.15) is 45.6 Å². The van der Waals surface area contributed by atoms with E-state index < -0.39 is 27.1 Å². The molecule has 37 heavy (non-hydrogen) atoms. The van der Waals surface area contributed by atoms with Gasteiger partial charge < -0.3 is 10.1 Å². The SMILES string of the molecule is CC(C)(C)OC(=O)NC1(c2ccc(-c3nc4cccnn4c3-c3ccccc3S(C)(=O)=O)cc2)CCC1. The monoisotopic (exact) mass is 518 g/mol. The van der Waals surface area contributed by atoms with Crippen molar-refractivity contribution in [1.82, 2.24) is 19.9 Å². The van der Waals surface area contributed by atoms with E-state index in [2.05, 4.69) is 10.4 Å². The van der Waals surface area contributed by atoms with E-state index in [0.29, 0.717) is 22.6 Å². The highest BCUT2D eigenvalue weighted by Crippen LogP contribution is 2.43. The summed E-state index contributed by atoms with van der Waals surface area (Å²) in [5.74, 6) is 0. The van der Waals surface area contributed by atoms with E-state index in [4.69, 9.17) is 9.72 Å². The maximum Gasteiger partial charge on any atom is 0.408 e. The number of hydrogen-bond donors (Lipinski definition) is 1. The zero-order valence-corrected chi connectivity index (χ0v) is 22.2. The minimum absolute atomic E-state index is 0.218.